The molecule has 0 heterocycles. The normalized spacial score (nSPS) is 10.7. The van der Waals surface area contributed by atoms with Crippen LogP contribution in [0.25, 0.3) is 10.8 Å². The van der Waals surface area contributed by atoms with Crippen molar-refractivity contribution in [2.24, 2.45) is 5.92 Å². The van der Waals surface area contributed by atoms with E-state index in [1.165, 1.54) is 13.8 Å². The Labute approximate surface area is 135 Å². The summed E-state index contributed by atoms with van der Waals surface area (Å²) < 4.78 is 16.4. The van der Waals surface area contributed by atoms with Crippen LogP contribution in [0.5, 0.6) is 17.2 Å². The van der Waals surface area contributed by atoms with Gasteiger partial charge in [0.15, 0.2) is 11.5 Å². The van der Waals surface area contributed by atoms with Gasteiger partial charge in [0.1, 0.15) is 5.75 Å². The lowest BCUT2D eigenvalue weighted by molar-refractivity contribution is -0.133. The molecule has 23 heavy (non-hydrogen) atoms. The van der Waals surface area contributed by atoms with Gasteiger partial charge in [-0.3, -0.25) is 9.59 Å². The summed E-state index contributed by atoms with van der Waals surface area (Å²) in [5.41, 5.74) is 0. The lowest BCUT2D eigenvalue weighted by atomic mass is 10.1. The molecule has 0 bridgehead atoms. The van der Waals surface area contributed by atoms with E-state index in [2.05, 4.69) is 0 Å². The molecule has 2 aromatic carbocycles. The molecule has 5 nitrogen and oxygen atoms in total. The second-order valence-corrected chi connectivity index (χ2v) is 5.64. The minimum atomic E-state index is -0.440. The Morgan fingerprint density at radius 3 is 2.13 bits per heavy atom. The molecule has 0 aliphatic carbocycles. The molecular formula is C18H20O5. The van der Waals surface area contributed by atoms with Crippen LogP contribution < -0.4 is 14.2 Å². The molecule has 0 amide bonds. The molecule has 0 fully saturated rings. The van der Waals surface area contributed by atoms with E-state index >= 15 is 0 Å². The van der Waals surface area contributed by atoms with E-state index in [1.54, 1.807) is 18.2 Å². The van der Waals surface area contributed by atoms with Crippen LogP contribution in [0.2, 0.25) is 0 Å². The zero-order valence-corrected chi connectivity index (χ0v) is 13.7. The Balaban J connectivity index is 2.63. The number of fused-ring (bicyclic) bond motifs is 1. The van der Waals surface area contributed by atoms with Crippen molar-refractivity contribution >= 4 is 22.7 Å². The number of hydrogen-bond donors (Lipinski definition) is 0. The molecule has 0 saturated heterocycles. The van der Waals surface area contributed by atoms with Gasteiger partial charge >= 0.3 is 11.9 Å². The van der Waals surface area contributed by atoms with Crippen molar-refractivity contribution in [1.82, 2.24) is 0 Å². The molecular weight excluding hydrogens is 296 g/mol. The van der Waals surface area contributed by atoms with Gasteiger partial charge in [-0.1, -0.05) is 38.1 Å². The molecule has 2 aromatic rings. The first-order chi connectivity index (χ1) is 10.9. The average molecular weight is 316 g/mol. The first-order valence-electron chi connectivity index (χ1n) is 7.44. The largest absolute Gasteiger partial charge is 0.489 e. The Morgan fingerprint density at radius 2 is 1.57 bits per heavy atom. The summed E-state index contributed by atoms with van der Waals surface area (Å²) in [6.45, 7) is 7.15. The molecule has 0 aromatic heterocycles. The monoisotopic (exact) mass is 316 g/mol. The van der Waals surface area contributed by atoms with Crippen LogP contribution in [-0.2, 0) is 9.59 Å². The van der Waals surface area contributed by atoms with Crippen LogP contribution in [0.15, 0.2) is 30.3 Å². The van der Waals surface area contributed by atoms with Crippen LogP contribution in [0.1, 0.15) is 27.7 Å². The van der Waals surface area contributed by atoms with Gasteiger partial charge in [-0.15, -0.1) is 0 Å². The molecule has 5 heteroatoms. The van der Waals surface area contributed by atoms with E-state index in [0.717, 1.165) is 0 Å². The van der Waals surface area contributed by atoms with Crippen LogP contribution >= 0.6 is 0 Å². The number of hydrogen-bond acceptors (Lipinski definition) is 5. The van der Waals surface area contributed by atoms with Gasteiger partial charge in [-0.25, -0.2) is 0 Å². The van der Waals surface area contributed by atoms with E-state index in [4.69, 9.17) is 14.2 Å². The summed E-state index contributed by atoms with van der Waals surface area (Å²) >= 11 is 0. The molecule has 0 aliphatic heterocycles. The minimum absolute atomic E-state index is 0.295. The highest BCUT2D eigenvalue weighted by Gasteiger charge is 2.18. The topological polar surface area (TPSA) is 61.8 Å². The molecule has 0 aliphatic rings. The van der Waals surface area contributed by atoms with E-state index in [0.29, 0.717) is 40.5 Å². The lowest BCUT2D eigenvalue weighted by Gasteiger charge is -2.17. The molecule has 2 rings (SSSR count). The van der Waals surface area contributed by atoms with Gasteiger partial charge in [0, 0.05) is 30.7 Å². The number of carbonyl (C=O) groups is 2. The van der Waals surface area contributed by atoms with Crippen molar-refractivity contribution in [2.75, 3.05) is 6.61 Å². The third kappa shape index (κ3) is 4.22. The van der Waals surface area contributed by atoms with Crippen molar-refractivity contribution in [1.29, 1.82) is 0 Å². The second-order valence-electron chi connectivity index (χ2n) is 5.64. The molecule has 0 N–H and O–H groups in total. The highest BCUT2D eigenvalue weighted by molar-refractivity contribution is 5.98. The number of carbonyl (C=O) groups excluding carboxylic acids is 2. The summed E-state index contributed by atoms with van der Waals surface area (Å²) in [4.78, 5) is 22.8. The van der Waals surface area contributed by atoms with Gasteiger partial charge in [0.2, 0.25) is 0 Å². The fourth-order valence-electron chi connectivity index (χ4n) is 2.14. The van der Waals surface area contributed by atoms with Crippen LogP contribution in [0.4, 0.5) is 0 Å². The van der Waals surface area contributed by atoms with Gasteiger partial charge in [0.05, 0.1) is 6.61 Å². The van der Waals surface area contributed by atoms with E-state index in [-0.39, 0.29) is 0 Å². The zero-order chi connectivity index (χ0) is 17.0. The van der Waals surface area contributed by atoms with Gasteiger partial charge in [0.25, 0.3) is 0 Å². The maximum atomic E-state index is 11.4. The van der Waals surface area contributed by atoms with Gasteiger partial charge < -0.3 is 14.2 Å². The summed E-state index contributed by atoms with van der Waals surface area (Å²) in [5.74, 6) is 0.523. The molecule has 0 spiro atoms. The third-order valence-corrected chi connectivity index (χ3v) is 2.99. The summed E-state index contributed by atoms with van der Waals surface area (Å²) in [6, 6.07) is 8.82. The smallest absolute Gasteiger partial charge is 0.308 e. The van der Waals surface area contributed by atoms with Crippen LogP contribution in [-0.4, -0.2) is 18.5 Å². The molecule has 122 valence electrons. The second kappa shape index (κ2) is 7.13. The van der Waals surface area contributed by atoms with Crippen LogP contribution in [0.3, 0.4) is 0 Å². The number of benzene rings is 2. The fraction of sp³-hybridized carbons (Fsp3) is 0.333. The Morgan fingerprint density at radius 1 is 0.957 bits per heavy atom. The molecule has 0 atom stereocenters. The molecule has 0 saturated carbocycles. The van der Waals surface area contributed by atoms with E-state index < -0.39 is 11.9 Å². The SMILES string of the molecule is CC(=O)Oc1cc(OCC(C)C)c(OC(C)=O)c2ccccc12. The minimum Gasteiger partial charge on any atom is -0.489 e. The average Bonchev–Trinajstić information content (AvgIpc) is 2.47. The number of ether oxygens (including phenoxy) is 3. The van der Waals surface area contributed by atoms with Crippen molar-refractivity contribution < 1.29 is 23.8 Å². The number of esters is 2. The molecule has 0 unspecified atom stereocenters. The Kier molecular flexibility index (Phi) is 5.21. The first kappa shape index (κ1) is 16.8. The highest BCUT2D eigenvalue weighted by atomic mass is 16.6. The maximum Gasteiger partial charge on any atom is 0.308 e. The van der Waals surface area contributed by atoms with Crippen molar-refractivity contribution in [3.63, 3.8) is 0 Å². The third-order valence-electron chi connectivity index (χ3n) is 2.99. The van der Waals surface area contributed by atoms with E-state index in [9.17, 15) is 9.59 Å². The predicted octanol–water partition coefficient (Wildman–Crippen LogP) is 3.73. The fourth-order valence-corrected chi connectivity index (χ4v) is 2.14. The lowest BCUT2D eigenvalue weighted by Crippen LogP contribution is -2.10. The molecule has 0 radical (unpaired) electrons. The maximum absolute atomic E-state index is 11.4. The predicted molar refractivity (Wildman–Crippen MR) is 86.9 cm³/mol. The summed E-state index contributed by atoms with van der Waals surface area (Å²) in [6.07, 6.45) is 0. The Hall–Kier alpha value is -2.56. The van der Waals surface area contributed by atoms with Crippen molar-refractivity contribution in [2.45, 2.75) is 27.7 Å². The number of rotatable bonds is 5. The Bertz CT molecular complexity index is 734. The zero-order valence-electron chi connectivity index (χ0n) is 13.7. The summed E-state index contributed by atoms with van der Waals surface area (Å²) in [5, 5.41) is 1.33. The van der Waals surface area contributed by atoms with Crippen molar-refractivity contribution in [3.8, 4) is 17.2 Å². The van der Waals surface area contributed by atoms with Gasteiger partial charge in [-0.2, -0.15) is 0 Å². The summed E-state index contributed by atoms with van der Waals surface area (Å²) in [7, 11) is 0. The van der Waals surface area contributed by atoms with Gasteiger partial charge in [-0.05, 0) is 5.92 Å². The van der Waals surface area contributed by atoms with Crippen molar-refractivity contribution in [3.05, 3.63) is 30.3 Å². The van der Waals surface area contributed by atoms with E-state index in [1.807, 2.05) is 26.0 Å². The highest BCUT2D eigenvalue weighted by Crippen LogP contribution is 2.42. The first-order valence-corrected chi connectivity index (χ1v) is 7.44. The van der Waals surface area contributed by atoms with Crippen LogP contribution in [0, 0.1) is 5.92 Å². The quantitative estimate of drug-likeness (QED) is 0.621. The standard InChI is InChI=1S/C18H20O5/c1-11(2)10-21-17-9-16(22-12(3)19)14-7-5-6-8-15(14)18(17)23-13(4)20/h5-9,11H,10H2,1-4H3.